The van der Waals surface area contributed by atoms with Crippen molar-refractivity contribution >= 4 is 17.6 Å². The predicted molar refractivity (Wildman–Crippen MR) is 106 cm³/mol. The van der Waals surface area contributed by atoms with Gasteiger partial charge >= 0.3 is 6.03 Å². The fourth-order valence-electron chi connectivity index (χ4n) is 6.28. The minimum atomic E-state index is -0.680. The van der Waals surface area contributed by atoms with Gasteiger partial charge in [0.05, 0.1) is 0 Å². The number of urea groups is 1. The van der Waals surface area contributed by atoms with Crippen LogP contribution in [0, 0.1) is 23.7 Å². The summed E-state index contributed by atoms with van der Waals surface area (Å²) >= 11 is 0. The summed E-state index contributed by atoms with van der Waals surface area (Å²) in [5, 5.41) is 5.45. The summed E-state index contributed by atoms with van der Waals surface area (Å²) in [5.74, 6) is 2.49. The zero-order chi connectivity index (χ0) is 19.2. The normalized spacial score (nSPS) is 32.3. The van der Waals surface area contributed by atoms with Crippen LogP contribution in [0.2, 0.25) is 0 Å². The van der Waals surface area contributed by atoms with E-state index in [2.05, 4.69) is 22.8 Å². The maximum Gasteiger partial charge on any atom is 0.312 e. The summed E-state index contributed by atoms with van der Waals surface area (Å²) in [6.45, 7) is 3.77. The van der Waals surface area contributed by atoms with Crippen molar-refractivity contribution in [2.45, 2.75) is 63.8 Å². The molecule has 0 unspecified atom stereocenters. The van der Waals surface area contributed by atoms with Crippen LogP contribution in [0.5, 0.6) is 0 Å². The number of benzene rings is 1. The Morgan fingerprint density at radius 3 is 1.96 bits per heavy atom. The van der Waals surface area contributed by atoms with E-state index in [0.717, 1.165) is 23.4 Å². The predicted octanol–water partition coefficient (Wildman–Crippen LogP) is 3.79. The number of rotatable bonds is 5. The molecule has 0 spiro atoms. The highest BCUT2D eigenvalue weighted by Crippen LogP contribution is 2.60. The van der Waals surface area contributed by atoms with Crippen molar-refractivity contribution in [1.82, 2.24) is 5.32 Å². The molecule has 0 radical (unpaired) electrons. The first-order chi connectivity index (χ1) is 12.8. The van der Waals surface area contributed by atoms with Crippen LogP contribution in [0.3, 0.4) is 0 Å². The lowest BCUT2D eigenvalue weighted by Gasteiger charge is -2.57. The van der Waals surface area contributed by atoms with Gasteiger partial charge in [0.25, 0.3) is 0 Å². The average molecular weight is 370 g/mol. The molecule has 5 heteroatoms. The Kier molecular flexibility index (Phi) is 4.65. The molecule has 1 aromatic rings. The summed E-state index contributed by atoms with van der Waals surface area (Å²) in [6.07, 6.45) is 8.33. The monoisotopic (exact) mass is 369 g/mol. The molecule has 5 rings (SSSR count). The van der Waals surface area contributed by atoms with Crippen LogP contribution in [-0.2, 0) is 10.2 Å². The molecule has 3 amide bonds. The third kappa shape index (κ3) is 3.56. The Labute approximate surface area is 161 Å². The molecule has 5 nitrogen and oxygen atoms in total. The van der Waals surface area contributed by atoms with E-state index in [-0.39, 0.29) is 11.8 Å². The van der Waals surface area contributed by atoms with E-state index >= 15 is 0 Å². The van der Waals surface area contributed by atoms with Crippen molar-refractivity contribution in [3.8, 4) is 0 Å². The summed E-state index contributed by atoms with van der Waals surface area (Å²) in [7, 11) is 0. The number of primary amides is 1. The number of carbonyl (C=O) groups is 2. The van der Waals surface area contributed by atoms with E-state index < -0.39 is 12.1 Å². The highest BCUT2D eigenvalue weighted by atomic mass is 16.2. The summed E-state index contributed by atoms with van der Waals surface area (Å²) in [4.78, 5) is 23.7. The van der Waals surface area contributed by atoms with E-state index in [1.54, 1.807) is 0 Å². The lowest BCUT2D eigenvalue weighted by Crippen LogP contribution is -2.49. The van der Waals surface area contributed by atoms with Crippen LogP contribution < -0.4 is 16.4 Å². The van der Waals surface area contributed by atoms with E-state index in [4.69, 9.17) is 5.73 Å². The maximum absolute atomic E-state index is 12.5. The van der Waals surface area contributed by atoms with Gasteiger partial charge in [0.1, 0.15) is 6.04 Å². The Hall–Kier alpha value is -2.04. The first kappa shape index (κ1) is 18.3. The van der Waals surface area contributed by atoms with Gasteiger partial charge in [-0.3, -0.25) is 4.79 Å². The van der Waals surface area contributed by atoms with E-state index in [9.17, 15) is 9.59 Å². The number of carbonyl (C=O) groups excluding carboxylic acids is 2. The van der Waals surface area contributed by atoms with E-state index in [0.29, 0.717) is 5.41 Å². The maximum atomic E-state index is 12.5. The molecule has 0 aliphatic heterocycles. The van der Waals surface area contributed by atoms with Crippen molar-refractivity contribution in [3.63, 3.8) is 0 Å². The van der Waals surface area contributed by atoms with E-state index in [1.165, 1.54) is 44.1 Å². The number of nitrogens with one attached hydrogen (secondary N) is 2. The zero-order valence-corrected chi connectivity index (χ0v) is 16.3. The molecular weight excluding hydrogens is 338 g/mol. The van der Waals surface area contributed by atoms with Gasteiger partial charge in [0.15, 0.2) is 0 Å². The molecule has 1 aromatic carbocycles. The fraction of sp³-hybridized carbons (Fsp3) is 0.636. The van der Waals surface area contributed by atoms with Crippen molar-refractivity contribution in [3.05, 3.63) is 29.8 Å². The fourth-order valence-corrected chi connectivity index (χ4v) is 6.28. The minimum Gasteiger partial charge on any atom is -0.352 e. The van der Waals surface area contributed by atoms with Crippen LogP contribution in [0.25, 0.3) is 0 Å². The van der Waals surface area contributed by atoms with Crippen molar-refractivity contribution in [2.24, 2.45) is 29.4 Å². The molecule has 4 aliphatic carbocycles. The first-order valence-electron chi connectivity index (χ1n) is 10.3. The molecule has 4 N–H and O–H groups in total. The van der Waals surface area contributed by atoms with Crippen molar-refractivity contribution < 1.29 is 9.59 Å². The van der Waals surface area contributed by atoms with Gasteiger partial charge < -0.3 is 16.4 Å². The molecule has 4 aliphatic rings. The number of anilines is 1. The lowest BCUT2D eigenvalue weighted by molar-refractivity contribution is -0.118. The molecule has 4 saturated carbocycles. The zero-order valence-electron chi connectivity index (χ0n) is 16.3. The third-order valence-corrected chi connectivity index (χ3v) is 7.05. The molecule has 4 bridgehead atoms. The molecule has 1 atom stereocenters. The molecule has 0 saturated heterocycles. The van der Waals surface area contributed by atoms with Crippen LogP contribution in [-0.4, -0.2) is 18.0 Å². The number of hydrogen-bond acceptors (Lipinski definition) is 2. The Bertz CT molecular complexity index is 690. The Balaban J connectivity index is 1.46. The smallest absolute Gasteiger partial charge is 0.312 e. The third-order valence-electron chi connectivity index (χ3n) is 7.05. The number of hydrogen-bond donors (Lipinski definition) is 3. The highest BCUT2D eigenvalue weighted by Gasteiger charge is 2.51. The van der Waals surface area contributed by atoms with Gasteiger partial charge in [-0.2, -0.15) is 0 Å². The topological polar surface area (TPSA) is 84.2 Å². The van der Waals surface area contributed by atoms with Gasteiger partial charge in [-0.1, -0.05) is 26.0 Å². The summed E-state index contributed by atoms with van der Waals surface area (Å²) in [5.41, 5.74) is 7.77. The summed E-state index contributed by atoms with van der Waals surface area (Å²) in [6, 6.07) is 7.11. The molecule has 27 heavy (non-hydrogen) atoms. The minimum absolute atomic E-state index is 0.0381. The van der Waals surface area contributed by atoms with Gasteiger partial charge in [0, 0.05) is 5.69 Å². The second-order valence-corrected chi connectivity index (χ2v) is 9.49. The highest BCUT2D eigenvalue weighted by molar-refractivity contribution is 5.97. The van der Waals surface area contributed by atoms with Crippen LogP contribution in [0.15, 0.2) is 24.3 Å². The van der Waals surface area contributed by atoms with Crippen LogP contribution >= 0.6 is 0 Å². The number of nitrogens with two attached hydrogens (primary N) is 1. The van der Waals surface area contributed by atoms with Crippen LogP contribution in [0.4, 0.5) is 10.5 Å². The Morgan fingerprint density at radius 1 is 1.00 bits per heavy atom. The first-order valence-corrected chi connectivity index (χ1v) is 10.3. The van der Waals surface area contributed by atoms with Gasteiger partial charge in [-0.05, 0) is 85.3 Å². The summed E-state index contributed by atoms with van der Waals surface area (Å²) < 4.78 is 0. The molecule has 146 valence electrons. The average Bonchev–Trinajstić information content (AvgIpc) is 2.58. The quantitative estimate of drug-likeness (QED) is 0.738. The molecular formula is C22H31N3O2. The molecule has 4 fully saturated rings. The van der Waals surface area contributed by atoms with Crippen molar-refractivity contribution in [1.29, 1.82) is 0 Å². The Morgan fingerprint density at radius 2 is 1.52 bits per heavy atom. The van der Waals surface area contributed by atoms with Gasteiger partial charge in [0.2, 0.25) is 5.91 Å². The standard InChI is InChI=1S/C22H31N3O2/c1-13(2)19(25-21(23)27)20(26)24-18-5-3-17(4-6-18)22-10-14-7-15(11-22)9-16(8-14)12-22/h3-6,13-16,19H,7-12H2,1-2H3,(H,24,26)(H3,23,25,27)/t14?,15?,16?,19-,22?/m0/s1. The van der Waals surface area contributed by atoms with Crippen LogP contribution in [0.1, 0.15) is 57.9 Å². The SMILES string of the molecule is CC(C)[C@H](NC(N)=O)C(=O)Nc1ccc(C23CC4CC(CC(C4)C2)C3)cc1. The molecule has 0 aromatic heterocycles. The second kappa shape index (κ2) is 6.84. The van der Waals surface area contributed by atoms with Gasteiger partial charge in [-0.15, -0.1) is 0 Å². The lowest BCUT2D eigenvalue weighted by atomic mass is 9.48. The van der Waals surface area contributed by atoms with Gasteiger partial charge in [-0.25, -0.2) is 4.79 Å². The molecule has 0 heterocycles. The number of amides is 3. The van der Waals surface area contributed by atoms with E-state index in [1.807, 2.05) is 26.0 Å². The largest absolute Gasteiger partial charge is 0.352 e. The van der Waals surface area contributed by atoms with Crippen molar-refractivity contribution in [2.75, 3.05) is 5.32 Å². The second-order valence-electron chi connectivity index (χ2n) is 9.49.